The van der Waals surface area contributed by atoms with Gasteiger partial charge in [-0.25, -0.2) is 13.1 Å². The monoisotopic (exact) mass is 617 g/mol. The maximum absolute atomic E-state index is 12.9. The van der Waals surface area contributed by atoms with E-state index in [-0.39, 0.29) is 22.6 Å². The number of amides is 3. The van der Waals surface area contributed by atoms with Gasteiger partial charge in [0.1, 0.15) is 6.10 Å². The molecule has 0 aromatic heterocycles. The molecule has 11 heteroatoms. The zero-order valence-corrected chi connectivity index (χ0v) is 26.1. The van der Waals surface area contributed by atoms with Gasteiger partial charge in [-0.15, -0.1) is 0 Å². The molecule has 230 valence electrons. The summed E-state index contributed by atoms with van der Waals surface area (Å²) in [7, 11) is -4.21. The highest BCUT2D eigenvalue weighted by atomic mass is 32.2. The third-order valence-corrected chi connectivity index (χ3v) is 9.48. The molecule has 9 nitrogen and oxygen atoms in total. The van der Waals surface area contributed by atoms with Gasteiger partial charge in [0, 0.05) is 43.3 Å². The number of aliphatic hydroxyl groups excluding tert-OH is 1. The van der Waals surface area contributed by atoms with E-state index in [9.17, 15) is 27.9 Å². The second kappa shape index (κ2) is 16.1. The summed E-state index contributed by atoms with van der Waals surface area (Å²) < 4.78 is 27.6. The molecule has 0 radical (unpaired) electrons. The van der Waals surface area contributed by atoms with E-state index in [1.807, 2.05) is 23.8 Å². The molecule has 2 aromatic carbocycles. The van der Waals surface area contributed by atoms with Crippen molar-refractivity contribution in [3.8, 4) is 11.1 Å². The summed E-state index contributed by atoms with van der Waals surface area (Å²) in [6, 6.07) is 13.5. The molecule has 1 saturated carbocycles. The highest BCUT2D eigenvalue weighted by Crippen LogP contribution is 2.31. The summed E-state index contributed by atoms with van der Waals surface area (Å²) in [4.78, 5) is 39.4. The van der Waals surface area contributed by atoms with Crippen molar-refractivity contribution >= 4 is 40.4 Å². The van der Waals surface area contributed by atoms with Gasteiger partial charge in [-0.05, 0) is 49.3 Å². The van der Waals surface area contributed by atoms with Crippen LogP contribution >= 0.6 is 12.6 Å². The smallest absolute Gasteiger partial charge is 0.264 e. The molecule has 0 spiro atoms. The SMILES string of the molecule is CCCC(=O)N(CCNC(=O)C(CS)C1CCCCC1)Cc1ccc(-c2ccccc2S(=O)(=O)NC(=O)C(C)O)cc1. The van der Waals surface area contributed by atoms with Crippen LogP contribution in [0.2, 0.25) is 0 Å². The number of benzene rings is 2. The Hall–Kier alpha value is -2.89. The first-order valence-corrected chi connectivity index (χ1v) is 16.8. The van der Waals surface area contributed by atoms with E-state index < -0.39 is 22.0 Å². The third-order valence-electron chi connectivity index (χ3n) is 7.68. The topological polar surface area (TPSA) is 133 Å². The Kier molecular flexibility index (Phi) is 12.9. The quantitative estimate of drug-likeness (QED) is 0.238. The van der Waals surface area contributed by atoms with Crippen molar-refractivity contribution < 1.29 is 27.9 Å². The van der Waals surface area contributed by atoms with Crippen molar-refractivity contribution in [1.82, 2.24) is 14.9 Å². The first-order valence-electron chi connectivity index (χ1n) is 14.7. The van der Waals surface area contributed by atoms with Crippen molar-refractivity contribution in [2.45, 2.75) is 76.3 Å². The Labute approximate surface area is 254 Å². The summed E-state index contributed by atoms with van der Waals surface area (Å²) in [6.07, 6.45) is 5.28. The molecule has 42 heavy (non-hydrogen) atoms. The maximum Gasteiger partial charge on any atom is 0.264 e. The highest BCUT2D eigenvalue weighted by Gasteiger charge is 2.28. The van der Waals surface area contributed by atoms with E-state index in [0.29, 0.717) is 55.3 Å². The Morgan fingerprint density at radius 2 is 1.69 bits per heavy atom. The van der Waals surface area contributed by atoms with Gasteiger partial charge in [0.15, 0.2) is 0 Å². The second-order valence-corrected chi connectivity index (χ2v) is 12.9. The zero-order valence-electron chi connectivity index (χ0n) is 24.4. The lowest BCUT2D eigenvalue weighted by atomic mass is 9.80. The van der Waals surface area contributed by atoms with Gasteiger partial charge in [-0.3, -0.25) is 14.4 Å². The fourth-order valence-corrected chi connectivity index (χ4v) is 7.06. The normalized spacial score (nSPS) is 15.4. The lowest BCUT2D eigenvalue weighted by Crippen LogP contribution is -2.42. The summed E-state index contributed by atoms with van der Waals surface area (Å²) in [6.45, 7) is 4.21. The van der Waals surface area contributed by atoms with Gasteiger partial charge in [0.25, 0.3) is 15.9 Å². The first-order chi connectivity index (χ1) is 20.1. The standard InChI is InChI=1S/C31H43N3O6S2/c1-3-9-29(36)34(19-18-32-31(38)27(21-41)24-10-5-4-6-11-24)20-23-14-16-25(17-15-23)26-12-7-8-13-28(26)42(39,40)33-30(37)22(2)35/h7-8,12-17,22,24,27,35,41H,3-6,9-11,18-21H2,1-2H3,(H,32,38)(H,33,37). The minimum atomic E-state index is -4.21. The Morgan fingerprint density at radius 3 is 2.31 bits per heavy atom. The van der Waals surface area contributed by atoms with Crippen LogP contribution in [-0.2, 0) is 31.0 Å². The summed E-state index contributed by atoms with van der Waals surface area (Å²) in [5.41, 5.74) is 1.87. The van der Waals surface area contributed by atoms with Crippen LogP contribution in [0.25, 0.3) is 11.1 Å². The summed E-state index contributed by atoms with van der Waals surface area (Å²) >= 11 is 4.45. The number of aliphatic hydroxyl groups is 1. The first kappa shape index (κ1) is 33.6. The fourth-order valence-electron chi connectivity index (χ4n) is 5.31. The third kappa shape index (κ3) is 9.31. The summed E-state index contributed by atoms with van der Waals surface area (Å²) in [5, 5.41) is 12.5. The van der Waals surface area contributed by atoms with E-state index in [4.69, 9.17) is 0 Å². The van der Waals surface area contributed by atoms with Crippen molar-refractivity contribution in [2.24, 2.45) is 11.8 Å². The van der Waals surface area contributed by atoms with Gasteiger partial charge in [-0.2, -0.15) is 12.6 Å². The van der Waals surface area contributed by atoms with Crippen LogP contribution in [-0.4, -0.2) is 61.1 Å². The molecule has 2 unspecified atom stereocenters. The lowest BCUT2D eigenvalue weighted by molar-refractivity contribution is -0.132. The van der Waals surface area contributed by atoms with Crippen LogP contribution < -0.4 is 10.0 Å². The van der Waals surface area contributed by atoms with Crippen LogP contribution in [0.1, 0.15) is 64.4 Å². The number of sulfonamides is 1. The Morgan fingerprint density at radius 1 is 1.02 bits per heavy atom. The van der Waals surface area contributed by atoms with Crippen molar-refractivity contribution in [2.75, 3.05) is 18.8 Å². The largest absolute Gasteiger partial charge is 0.384 e. The number of rotatable bonds is 14. The van der Waals surface area contributed by atoms with E-state index in [1.54, 1.807) is 35.2 Å². The molecular weight excluding hydrogens is 574 g/mol. The van der Waals surface area contributed by atoms with Crippen LogP contribution in [0.4, 0.5) is 0 Å². The van der Waals surface area contributed by atoms with Crippen LogP contribution in [0.3, 0.4) is 0 Å². The van der Waals surface area contributed by atoms with Crippen molar-refractivity contribution in [3.05, 3.63) is 54.1 Å². The highest BCUT2D eigenvalue weighted by molar-refractivity contribution is 7.90. The number of nitrogens with one attached hydrogen (secondary N) is 2. The molecule has 1 fully saturated rings. The molecule has 2 atom stereocenters. The molecule has 0 heterocycles. The van der Waals surface area contributed by atoms with Gasteiger partial charge in [0.05, 0.1) is 4.90 Å². The molecule has 1 aliphatic rings. The number of carbonyl (C=O) groups is 3. The van der Waals surface area contributed by atoms with Crippen LogP contribution in [0.5, 0.6) is 0 Å². The van der Waals surface area contributed by atoms with E-state index in [0.717, 1.165) is 31.2 Å². The predicted molar refractivity (Wildman–Crippen MR) is 166 cm³/mol. The average Bonchev–Trinajstić information content (AvgIpc) is 2.98. The molecule has 3 N–H and O–H groups in total. The summed E-state index contributed by atoms with van der Waals surface area (Å²) in [5.74, 6) is -0.251. The number of hydrogen-bond acceptors (Lipinski definition) is 7. The maximum atomic E-state index is 12.9. The minimum Gasteiger partial charge on any atom is -0.384 e. The fraction of sp³-hybridized carbons (Fsp3) is 0.516. The number of hydrogen-bond donors (Lipinski definition) is 4. The Balaban J connectivity index is 1.70. The molecule has 3 amide bonds. The molecule has 1 aliphatic carbocycles. The Bertz CT molecular complexity index is 1310. The van der Waals surface area contributed by atoms with E-state index in [1.165, 1.54) is 19.4 Å². The molecule has 3 rings (SSSR count). The van der Waals surface area contributed by atoms with Crippen molar-refractivity contribution in [1.29, 1.82) is 0 Å². The van der Waals surface area contributed by atoms with Gasteiger partial charge < -0.3 is 15.3 Å². The van der Waals surface area contributed by atoms with E-state index >= 15 is 0 Å². The minimum absolute atomic E-state index is 0.000793. The molecule has 0 bridgehead atoms. The molecule has 0 aliphatic heterocycles. The lowest BCUT2D eigenvalue weighted by Gasteiger charge is -2.29. The van der Waals surface area contributed by atoms with Gasteiger partial charge >= 0.3 is 0 Å². The van der Waals surface area contributed by atoms with Gasteiger partial charge in [-0.1, -0.05) is 68.7 Å². The van der Waals surface area contributed by atoms with Crippen molar-refractivity contribution in [3.63, 3.8) is 0 Å². The molecule has 2 aromatic rings. The molecular formula is C31H43N3O6S2. The number of carbonyl (C=O) groups excluding carboxylic acids is 3. The van der Waals surface area contributed by atoms with Gasteiger partial charge in [0.2, 0.25) is 11.8 Å². The van der Waals surface area contributed by atoms with E-state index in [2.05, 4.69) is 17.9 Å². The second-order valence-electron chi connectivity index (χ2n) is 10.9. The zero-order chi connectivity index (χ0) is 30.7. The predicted octanol–water partition coefficient (Wildman–Crippen LogP) is 3.91. The number of thiol groups is 1. The van der Waals surface area contributed by atoms with Crippen LogP contribution in [0, 0.1) is 11.8 Å². The van der Waals surface area contributed by atoms with Crippen LogP contribution in [0.15, 0.2) is 53.4 Å². The number of nitrogens with zero attached hydrogens (tertiary/aromatic N) is 1. The molecule has 0 saturated heterocycles. The average molecular weight is 618 g/mol.